The second-order valence-corrected chi connectivity index (χ2v) is 5.41. The predicted octanol–water partition coefficient (Wildman–Crippen LogP) is 1.79. The van der Waals surface area contributed by atoms with Gasteiger partial charge in [-0.3, -0.25) is 4.90 Å². The molecule has 104 valence electrons. The molecule has 2 aliphatic rings. The number of carbonyl (C=O) groups excluding carboxylic acids is 1. The molecule has 5 heteroatoms. The highest BCUT2D eigenvalue weighted by Gasteiger charge is 2.44. The molecule has 1 atom stereocenters. The monoisotopic (exact) mass is 271 g/mol. The summed E-state index contributed by atoms with van der Waals surface area (Å²) in [6.07, 6.45) is 1.44. The third-order valence-electron chi connectivity index (χ3n) is 4.00. The summed E-state index contributed by atoms with van der Waals surface area (Å²) in [6.45, 7) is 1.21. The molecule has 2 fully saturated rings. The van der Waals surface area contributed by atoms with Crippen molar-refractivity contribution in [2.24, 2.45) is 0 Å². The van der Waals surface area contributed by atoms with E-state index in [4.69, 9.17) is 4.74 Å². The Hall–Kier alpha value is -2.06. The summed E-state index contributed by atoms with van der Waals surface area (Å²) in [6, 6.07) is 10.1. The molecular formula is C15H17N3O2. The quantitative estimate of drug-likeness (QED) is 0.906. The molecular weight excluding hydrogens is 254 g/mol. The number of nitrogens with one attached hydrogen (secondary N) is 1. The first-order valence-electron chi connectivity index (χ1n) is 6.83. The minimum absolute atomic E-state index is 0.110. The molecule has 0 spiro atoms. The van der Waals surface area contributed by atoms with Crippen molar-refractivity contribution in [2.45, 2.75) is 24.4 Å². The molecule has 1 unspecified atom stereocenters. The first-order valence-corrected chi connectivity index (χ1v) is 6.83. The Morgan fingerprint density at radius 1 is 1.45 bits per heavy atom. The maximum atomic E-state index is 11.8. The minimum atomic E-state index is -0.306. The summed E-state index contributed by atoms with van der Waals surface area (Å²) in [7, 11) is 1.84. The molecule has 0 bridgehead atoms. The summed E-state index contributed by atoms with van der Waals surface area (Å²) in [4.78, 5) is 13.5. The third-order valence-corrected chi connectivity index (χ3v) is 4.00. The van der Waals surface area contributed by atoms with Crippen molar-refractivity contribution < 1.29 is 9.53 Å². The van der Waals surface area contributed by atoms with Crippen LogP contribution in [-0.4, -0.2) is 32.3 Å². The molecule has 1 amide bonds. The van der Waals surface area contributed by atoms with E-state index in [0.717, 1.165) is 24.1 Å². The van der Waals surface area contributed by atoms with Crippen LogP contribution >= 0.6 is 0 Å². The van der Waals surface area contributed by atoms with Crippen LogP contribution in [0, 0.1) is 11.3 Å². The van der Waals surface area contributed by atoms with Crippen LogP contribution in [0.4, 0.5) is 10.5 Å². The molecule has 1 saturated carbocycles. The average molecular weight is 271 g/mol. The first kappa shape index (κ1) is 12.9. The van der Waals surface area contributed by atoms with Gasteiger partial charge in [0.05, 0.1) is 18.0 Å². The van der Waals surface area contributed by atoms with E-state index in [-0.39, 0.29) is 17.6 Å². The van der Waals surface area contributed by atoms with Gasteiger partial charge in [0.15, 0.2) is 0 Å². The van der Waals surface area contributed by atoms with Crippen LogP contribution < -0.4 is 10.2 Å². The molecule has 20 heavy (non-hydrogen) atoms. The van der Waals surface area contributed by atoms with Gasteiger partial charge < -0.3 is 10.1 Å². The van der Waals surface area contributed by atoms with E-state index in [1.807, 2.05) is 31.3 Å². The number of nitrogens with zero attached hydrogens (tertiary/aromatic N) is 2. The SMILES string of the molecule is CNCC1CN(c2ccc(C3(C#N)CC3)cc2)C(=O)O1. The molecule has 1 aliphatic heterocycles. The summed E-state index contributed by atoms with van der Waals surface area (Å²) in [5, 5.41) is 12.2. The van der Waals surface area contributed by atoms with Gasteiger partial charge >= 0.3 is 6.09 Å². The van der Waals surface area contributed by atoms with Crippen molar-refractivity contribution in [2.75, 3.05) is 25.0 Å². The van der Waals surface area contributed by atoms with Crippen LogP contribution in [0.25, 0.3) is 0 Å². The molecule has 1 saturated heterocycles. The van der Waals surface area contributed by atoms with Gasteiger partial charge in [0.2, 0.25) is 0 Å². The molecule has 3 rings (SSSR count). The zero-order valence-corrected chi connectivity index (χ0v) is 11.4. The van der Waals surface area contributed by atoms with E-state index in [1.165, 1.54) is 0 Å². The Kier molecular flexibility index (Phi) is 3.11. The minimum Gasteiger partial charge on any atom is -0.443 e. The second-order valence-electron chi connectivity index (χ2n) is 5.41. The van der Waals surface area contributed by atoms with Crippen molar-refractivity contribution in [1.82, 2.24) is 5.32 Å². The van der Waals surface area contributed by atoms with Gasteiger partial charge in [-0.1, -0.05) is 12.1 Å². The highest BCUT2D eigenvalue weighted by Crippen LogP contribution is 2.47. The smallest absolute Gasteiger partial charge is 0.414 e. The Morgan fingerprint density at radius 2 is 2.15 bits per heavy atom. The lowest BCUT2D eigenvalue weighted by Gasteiger charge is -2.14. The lowest BCUT2D eigenvalue weighted by molar-refractivity contribution is 0.141. The lowest BCUT2D eigenvalue weighted by atomic mass is 9.97. The van der Waals surface area contributed by atoms with Crippen molar-refractivity contribution in [3.8, 4) is 6.07 Å². The average Bonchev–Trinajstić information content (AvgIpc) is 3.18. The number of anilines is 1. The maximum absolute atomic E-state index is 11.8. The van der Waals surface area contributed by atoms with Gasteiger partial charge in [-0.05, 0) is 37.6 Å². The van der Waals surface area contributed by atoms with Crippen LogP contribution in [-0.2, 0) is 10.2 Å². The van der Waals surface area contributed by atoms with Crippen LogP contribution in [0.15, 0.2) is 24.3 Å². The Morgan fingerprint density at radius 3 is 2.70 bits per heavy atom. The number of nitriles is 1. The van der Waals surface area contributed by atoms with Crippen molar-refractivity contribution in [1.29, 1.82) is 5.26 Å². The molecule has 1 aromatic rings. The van der Waals surface area contributed by atoms with E-state index >= 15 is 0 Å². The van der Waals surface area contributed by atoms with Crippen molar-refractivity contribution in [3.63, 3.8) is 0 Å². The van der Waals surface area contributed by atoms with Crippen LogP contribution in [0.5, 0.6) is 0 Å². The van der Waals surface area contributed by atoms with Crippen molar-refractivity contribution in [3.05, 3.63) is 29.8 Å². The number of likely N-dealkylation sites (N-methyl/N-ethyl adjacent to an activating group) is 1. The Balaban J connectivity index is 1.75. The van der Waals surface area contributed by atoms with Gasteiger partial charge in [0.1, 0.15) is 6.10 Å². The number of hydrogen-bond donors (Lipinski definition) is 1. The largest absolute Gasteiger partial charge is 0.443 e. The van der Waals surface area contributed by atoms with Gasteiger partial charge in [-0.2, -0.15) is 5.26 Å². The van der Waals surface area contributed by atoms with E-state index in [2.05, 4.69) is 11.4 Å². The summed E-state index contributed by atoms with van der Waals surface area (Å²) >= 11 is 0. The Bertz CT molecular complexity index is 557. The summed E-state index contributed by atoms with van der Waals surface area (Å²) < 4.78 is 5.27. The van der Waals surface area contributed by atoms with E-state index in [9.17, 15) is 10.1 Å². The molecule has 0 radical (unpaired) electrons. The summed E-state index contributed by atoms with van der Waals surface area (Å²) in [5.74, 6) is 0. The first-order chi connectivity index (χ1) is 9.68. The molecule has 1 aromatic carbocycles. The van der Waals surface area contributed by atoms with Crippen LogP contribution in [0.2, 0.25) is 0 Å². The number of hydrogen-bond acceptors (Lipinski definition) is 4. The van der Waals surface area contributed by atoms with Crippen molar-refractivity contribution >= 4 is 11.8 Å². The topological polar surface area (TPSA) is 65.4 Å². The zero-order valence-electron chi connectivity index (χ0n) is 11.4. The molecule has 5 nitrogen and oxygen atoms in total. The zero-order chi connectivity index (χ0) is 14.2. The molecule has 1 heterocycles. The predicted molar refractivity (Wildman–Crippen MR) is 74.5 cm³/mol. The standard InChI is InChI=1S/C15H17N3O2/c1-17-8-13-9-18(14(19)20-13)12-4-2-11(3-5-12)15(10-16)6-7-15/h2-5,13,17H,6-9H2,1H3. The number of rotatable bonds is 4. The fourth-order valence-corrected chi connectivity index (χ4v) is 2.62. The number of amides is 1. The van der Waals surface area contributed by atoms with E-state index in [1.54, 1.807) is 4.90 Å². The van der Waals surface area contributed by atoms with Gasteiger partial charge in [-0.25, -0.2) is 4.79 Å². The number of benzene rings is 1. The van der Waals surface area contributed by atoms with Crippen LogP contribution in [0.3, 0.4) is 0 Å². The number of carbonyl (C=O) groups is 1. The van der Waals surface area contributed by atoms with Crippen LogP contribution in [0.1, 0.15) is 18.4 Å². The lowest BCUT2D eigenvalue weighted by Crippen LogP contribution is -2.29. The van der Waals surface area contributed by atoms with Gasteiger partial charge in [0, 0.05) is 12.2 Å². The second kappa shape index (κ2) is 4.80. The maximum Gasteiger partial charge on any atom is 0.414 e. The highest BCUT2D eigenvalue weighted by molar-refractivity contribution is 5.89. The molecule has 1 N–H and O–H groups in total. The normalized spacial score (nSPS) is 23.3. The van der Waals surface area contributed by atoms with E-state index < -0.39 is 0 Å². The molecule has 1 aliphatic carbocycles. The number of cyclic esters (lactones) is 1. The summed E-state index contributed by atoms with van der Waals surface area (Å²) in [5.41, 5.74) is 1.59. The van der Waals surface area contributed by atoms with Gasteiger partial charge in [-0.15, -0.1) is 0 Å². The fourth-order valence-electron chi connectivity index (χ4n) is 2.62. The Labute approximate surface area is 118 Å². The number of ether oxygens (including phenoxy) is 1. The highest BCUT2D eigenvalue weighted by atomic mass is 16.6. The van der Waals surface area contributed by atoms with E-state index in [0.29, 0.717) is 13.1 Å². The molecule has 0 aromatic heterocycles. The fraction of sp³-hybridized carbons (Fsp3) is 0.467. The van der Waals surface area contributed by atoms with Gasteiger partial charge in [0.25, 0.3) is 0 Å². The third kappa shape index (κ3) is 2.12.